The van der Waals surface area contributed by atoms with Crippen LogP contribution in [-0.2, 0) is 0 Å². The summed E-state index contributed by atoms with van der Waals surface area (Å²) >= 11 is 2.34. The van der Waals surface area contributed by atoms with Crippen molar-refractivity contribution in [1.82, 2.24) is 10.2 Å². The summed E-state index contributed by atoms with van der Waals surface area (Å²) in [6.07, 6.45) is 9.13. The van der Waals surface area contributed by atoms with E-state index < -0.39 is 0 Å². The third-order valence-electron chi connectivity index (χ3n) is 6.65. The molecule has 2 heterocycles. The average molecular weight is 617 g/mol. The molecule has 2 saturated heterocycles. The molecule has 37 heavy (non-hydrogen) atoms. The molecule has 2 fully saturated rings. The number of hydrogen-bond donors (Lipinski definition) is 1. The molecule has 0 radical (unpaired) electrons. The molecule has 4 nitrogen and oxygen atoms in total. The average Bonchev–Trinajstić information content (AvgIpc) is 2.91. The maximum atomic E-state index is 4.59. The van der Waals surface area contributed by atoms with Crippen LogP contribution in [0.2, 0.25) is 0 Å². The van der Waals surface area contributed by atoms with Gasteiger partial charge in [0.1, 0.15) is 0 Å². The maximum Gasteiger partial charge on any atom is 0.0418 e. The first-order valence-corrected chi connectivity index (χ1v) is 15.4. The minimum absolute atomic E-state index is 0.693. The van der Waals surface area contributed by atoms with E-state index in [4.69, 9.17) is 0 Å². The monoisotopic (exact) mass is 616 g/mol. The number of alkyl halides is 1. The van der Waals surface area contributed by atoms with Crippen molar-refractivity contribution in [1.29, 1.82) is 0 Å². The van der Waals surface area contributed by atoms with Crippen molar-refractivity contribution < 1.29 is 0 Å². The van der Waals surface area contributed by atoms with E-state index in [2.05, 4.69) is 107 Å². The largest absolute Gasteiger partial charge is 0.317 e. The third kappa shape index (κ3) is 15.4. The molecular weight excluding hydrogens is 567 g/mol. The molecule has 204 valence electrons. The quantitative estimate of drug-likeness (QED) is 0.204. The Balaban J connectivity index is 0.000000230. The number of rotatable bonds is 7. The van der Waals surface area contributed by atoms with Crippen LogP contribution in [0.25, 0.3) is 0 Å². The van der Waals surface area contributed by atoms with Gasteiger partial charge in [-0.25, -0.2) is 0 Å². The topological polar surface area (TPSA) is 40.0 Å². The van der Waals surface area contributed by atoms with Gasteiger partial charge >= 0.3 is 0 Å². The summed E-state index contributed by atoms with van der Waals surface area (Å²) in [6.45, 7) is 15.6. The lowest BCUT2D eigenvalue weighted by atomic mass is 9.96. The van der Waals surface area contributed by atoms with Crippen LogP contribution in [0.15, 0.2) is 70.6 Å². The number of nitrogens with one attached hydrogen (secondary N) is 1. The molecule has 1 N–H and O–H groups in total. The van der Waals surface area contributed by atoms with Crippen LogP contribution in [0, 0.1) is 11.8 Å². The Bertz CT molecular complexity index is 850. The van der Waals surface area contributed by atoms with Crippen molar-refractivity contribution in [3.05, 3.63) is 71.8 Å². The van der Waals surface area contributed by atoms with Gasteiger partial charge in [0.15, 0.2) is 0 Å². The van der Waals surface area contributed by atoms with Gasteiger partial charge in [-0.1, -0.05) is 97.1 Å². The smallest absolute Gasteiger partial charge is 0.0418 e. The van der Waals surface area contributed by atoms with E-state index >= 15 is 0 Å². The van der Waals surface area contributed by atoms with Gasteiger partial charge in [0.2, 0.25) is 0 Å². The van der Waals surface area contributed by atoms with Gasteiger partial charge in [-0.2, -0.15) is 0 Å². The normalized spacial score (nSPS) is 17.6. The molecule has 0 aliphatic carbocycles. The van der Waals surface area contributed by atoms with Crippen molar-refractivity contribution in [2.75, 3.05) is 39.3 Å². The molecule has 0 aromatic heterocycles. The van der Waals surface area contributed by atoms with Gasteiger partial charge in [-0.3, -0.25) is 9.98 Å². The zero-order valence-electron chi connectivity index (χ0n) is 23.5. The molecule has 0 spiro atoms. The summed E-state index contributed by atoms with van der Waals surface area (Å²) in [5.41, 5.74) is 2.41. The minimum atomic E-state index is 0.693. The molecule has 4 rings (SSSR count). The van der Waals surface area contributed by atoms with Crippen LogP contribution in [0.1, 0.15) is 64.5 Å². The van der Waals surface area contributed by atoms with Crippen LogP contribution in [0.5, 0.6) is 0 Å². The number of aliphatic imine (C=N–C) groups is 2. The number of hydrogen-bond acceptors (Lipinski definition) is 4. The Morgan fingerprint density at radius 3 is 1.57 bits per heavy atom. The Hall–Kier alpha value is -1.57. The third-order valence-corrected chi connectivity index (χ3v) is 6.65. The van der Waals surface area contributed by atoms with Crippen LogP contribution >= 0.6 is 22.6 Å². The van der Waals surface area contributed by atoms with Gasteiger partial charge < -0.3 is 10.2 Å². The highest BCUT2D eigenvalue weighted by Gasteiger charge is 2.20. The van der Waals surface area contributed by atoms with Gasteiger partial charge in [0.25, 0.3) is 0 Å². The maximum absolute atomic E-state index is 4.59. The highest BCUT2D eigenvalue weighted by atomic mass is 127. The van der Waals surface area contributed by atoms with Gasteiger partial charge in [-0.05, 0) is 88.7 Å². The van der Waals surface area contributed by atoms with Gasteiger partial charge in [0.05, 0.1) is 0 Å². The molecule has 0 amide bonds. The van der Waals surface area contributed by atoms with Crippen molar-refractivity contribution in [2.45, 2.75) is 63.3 Å². The fraction of sp³-hybridized carbons (Fsp3) is 0.562. The zero-order valence-corrected chi connectivity index (χ0v) is 25.7. The molecule has 2 aromatic carbocycles. The summed E-state index contributed by atoms with van der Waals surface area (Å²) in [7, 11) is 0. The second-order valence-corrected chi connectivity index (χ2v) is 13.1. The zero-order chi connectivity index (χ0) is 26.7. The van der Waals surface area contributed by atoms with Crippen molar-refractivity contribution >= 4 is 35.0 Å². The predicted molar refractivity (Wildman–Crippen MR) is 172 cm³/mol. The van der Waals surface area contributed by atoms with E-state index in [0.29, 0.717) is 6.04 Å². The fourth-order valence-electron chi connectivity index (χ4n) is 4.41. The number of benzene rings is 2. The molecule has 0 bridgehead atoms. The molecular formula is C32H49IN4. The molecule has 2 aliphatic heterocycles. The Kier molecular flexibility index (Phi) is 16.7. The number of nitrogens with zero attached hydrogens (tertiary/aromatic N) is 3. The standard InChI is InChI=1S/C16H24N2.C13H18N2.C3H7I/c1-14(2)18-10-8-16(9-11-18)13-17-12-15-6-4-3-5-7-15;1-2-4-12(5-3-1)10-15-11-13-6-8-14-9-7-13;1-3(2)4/h3-7,12,14,16H,8-11,13H2,1-2H3;1-5,10,13-14H,6-9,11H2;3H,1-2H3. The van der Waals surface area contributed by atoms with E-state index in [1.54, 1.807) is 0 Å². The molecule has 2 aliphatic rings. The summed E-state index contributed by atoms with van der Waals surface area (Å²) in [5, 5.41) is 3.37. The summed E-state index contributed by atoms with van der Waals surface area (Å²) < 4.78 is 0.803. The van der Waals surface area contributed by atoms with E-state index in [-0.39, 0.29) is 0 Å². The van der Waals surface area contributed by atoms with E-state index in [1.807, 2.05) is 36.7 Å². The van der Waals surface area contributed by atoms with Gasteiger partial charge in [0, 0.05) is 35.5 Å². The predicted octanol–water partition coefficient (Wildman–Crippen LogP) is 7.16. The van der Waals surface area contributed by atoms with Crippen molar-refractivity contribution in [3.8, 4) is 0 Å². The molecule has 0 saturated carbocycles. The fourth-order valence-corrected chi connectivity index (χ4v) is 4.41. The number of piperidine rings is 2. The first-order chi connectivity index (χ1) is 17.9. The van der Waals surface area contributed by atoms with Crippen molar-refractivity contribution in [3.63, 3.8) is 0 Å². The van der Waals surface area contributed by atoms with Crippen LogP contribution < -0.4 is 5.32 Å². The highest BCUT2D eigenvalue weighted by Crippen LogP contribution is 2.19. The first kappa shape index (κ1) is 31.6. The second-order valence-electron chi connectivity index (χ2n) is 10.6. The lowest BCUT2D eigenvalue weighted by Crippen LogP contribution is -2.39. The lowest BCUT2D eigenvalue weighted by molar-refractivity contribution is 0.152. The van der Waals surface area contributed by atoms with Crippen LogP contribution in [0.3, 0.4) is 0 Å². The number of likely N-dealkylation sites (tertiary alicyclic amines) is 1. The Labute approximate surface area is 240 Å². The summed E-state index contributed by atoms with van der Waals surface area (Å²) in [6, 6.07) is 21.4. The van der Waals surface area contributed by atoms with Crippen LogP contribution in [0.4, 0.5) is 0 Å². The Morgan fingerprint density at radius 1 is 0.757 bits per heavy atom. The SMILES string of the molecule is C(=NCC1CCNCC1)c1ccccc1.CC(C)I.CC(C)N1CCC(CN=Cc2ccccc2)CC1. The van der Waals surface area contributed by atoms with Crippen LogP contribution in [-0.4, -0.2) is 66.6 Å². The minimum Gasteiger partial charge on any atom is -0.317 e. The lowest BCUT2D eigenvalue weighted by Gasteiger charge is -2.34. The molecule has 5 heteroatoms. The molecule has 2 aromatic rings. The van der Waals surface area contributed by atoms with Crippen molar-refractivity contribution in [2.24, 2.45) is 21.8 Å². The highest BCUT2D eigenvalue weighted by molar-refractivity contribution is 14.1. The summed E-state index contributed by atoms with van der Waals surface area (Å²) in [4.78, 5) is 11.7. The van der Waals surface area contributed by atoms with E-state index in [9.17, 15) is 0 Å². The van der Waals surface area contributed by atoms with E-state index in [0.717, 1.165) is 41.9 Å². The second kappa shape index (κ2) is 19.5. The number of halogens is 1. The summed E-state index contributed by atoms with van der Waals surface area (Å²) in [5.74, 6) is 1.56. The molecule has 0 atom stereocenters. The first-order valence-electron chi connectivity index (χ1n) is 14.1. The van der Waals surface area contributed by atoms with E-state index in [1.165, 1.54) is 49.9 Å². The Morgan fingerprint density at radius 2 is 1.16 bits per heavy atom. The van der Waals surface area contributed by atoms with Gasteiger partial charge in [-0.15, -0.1) is 0 Å². The molecule has 0 unspecified atom stereocenters.